The minimum Gasteiger partial charge on any atom is -0.347 e. The van der Waals surface area contributed by atoms with E-state index in [1.165, 1.54) is 41.5 Å². The molecule has 0 atom stereocenters. The minimum absolute atomic E-state index is 0.0786. The van der Waals surface area contributed by atoms with Crippen LogP contribution < -0.4 is 10.2 Å². The Morgan fingerprint density at radius 2 is 2.00 bits per heavy atom. The van der Waals surface area contributed by atoms with E-state index in [4.69, 9.17) is 0 Å². The van der Waals surface area contributed by atoms with Gasteiger partial charge in [-0.3, -0.25) is 4.79 Å². The Bertz CT molecular complexity index is 931. The Kier molecular flexibility index (Phi) is 6.23. The van der Waals surface area contributed by atoms with Crippen molar-refractivity contribution in [3.63, 3.8) is 0 Å². The standard InChI is InChI=1S/C19H21N5OS3/c1-2-13-5-7-14(8-6-13)15-11-26-17(20-15)21-16(25)12-27-19-23-22-18(28-19)24-9-3-4-10-24/h5-8,11H,2-4,9-10,12H2,1H3,(H,20,21,25). The van der Waals surface area contributed by atoms with E-state index < -0.39 is 0 Å². The fraction of sp³-hybridized carbons (Fsp3) is 0.368. The lowest BCUT2D eigenvalue weighted by molar-refractivity contribution is -0.113. The zero-order chi connectivity index (χ0) is 19.3. The molecule has 1 saturated heterocycles. The summed E-state index contributed by atoms with van der Waals surface area (Å²) in [7, 11) is 0. The highest BCUT2D eigenvalue weighted by Crippen LogP contribution is 2.30. The molecule has 0 bridgehead atoms. The van der Waals surface area contributed by atoms with E-state index in [1.807, 2.05) is 5.38 Å². The van der Waals surface area contributed by atoms with Crippen molar-refractivity contribution in [2.75, 3.05) is 29.1 Å². The van der Waals surface area contributed by atoms with Crippen LogP contribution in [0.3, 0.4) is 0 Å². The van der Waals surface area contributed by atoms with E-state index in [-0.39, 0.29) is 5.91 Å². The molecule has 1 N–H and O–H groups in total. The maximum absolute atomic E-state index is 12.3. The van der Waals surface area contributed by atoms with Crippen LogP contribution in [-0.4, -0.2) is 39.9 Å². The molecule has 1 aromatic carbocycles. The maximum Gasteiger partial charge on any atom is 0.236 e. The van der Waals surface area contributed by atoms with Gasteiger partial charge in [-0.1, -0.05) is 54.3 Å². The fourth-order valence-electron chi connectivity index (χ4n) is 2.95. The van der Waals surface area contributed by atoms with Gasteiger partial charge in [0, 0.05) is 24.0 Å². The number of carbonyl (C=O) groups is 1. The lowest BCUT2D eigenvalue weighted by Crippen LogP contribution is -2.17. The highest BCUT2D eigenvalue weighted by molar-refractivity contribution is 8.01. The predicted octanol–water partition coefficient (Wildman–Crippen LogP) is 4.56. The van der Waals surface area contributed by atoms with Crippen LogP contribution in [0.25, 0.3) is 11.3 Å². The first-order valence-electron chi connectivity index (χ1n) is 9.27. The molecule has 3 heterocycles. The number of hydrogen-bond donors (Lipinski definition) is 1. The summed E-state index contributed by atoms with van der Waals surface area (Å²) in [6, 6.07) is 8.37. The minimum atomic E-state index is -0.0786. The van der Waals surface area contributed by atoms with E-state index in [1.54, 1.807) is 11.3 Å². The molecule has 4 rings (SSSR count). The molecule has 1 aliphatic rings. The Morgan fingerprint density at radius 3 is 2.75 bits per heavy atom. The molecule has 2 aromatic heterocycles. The molecule has 1 aliphatic heterocycles. The predicted molar refractivity (Wildman–Crippen MR) is 118 cm³/mol. The summed E-state index contributed by atoms with van der Waals surface area (Å²) < 4.78 is 0.827. The Morgan fingerprint density at radius 1 is 1.21 bits per heavy atom. The Balaban J connectivity index is 1.29. The van der Waals surface area contributed by atoms with Crippen molar-refractivity contribution in [1.82, 2.24) is 15.2 Å². The molecule has 0 radical (unpaired) electrons. The summed E-state index contributed by atoms with van der Waals surface area (Å²) in [6.45, 7) is 4.24. The molecule has 1 amide bonds. The van der Waals surface area contributed by atoms with Crippen molar-refractivity contribution in [3.8, 4) is 11.3 Å². The van der Waals surface area contributed by atoms with Crippen LogP contribution in [0, 0.1) is 0 Å². The third-order valence-electron chi connectivity index (χ3n) is 4.51. The van der Waals surface area contributed by atoms with Crippen molar-refractivity contribution in [1.29, 1.82) is 0 Å². The summed E-state index contributed by atoms with van der Waals surface area (Å²) in [5.41, 5.74) is 3.25. The van der Waals surface area contributed by atoms with Gasteiger partial charge in [0.05, 0.1) is 11.4 Å². The van der Waals surface area contributed by atoms with Crippen molar-refractivity contribution < 1.29 is 4.79 Å². The second-order valence-corrected chi connectivity index (χ2v) is 9.51. The van der Waals surface area contributed by atoms with Gasteiger partial charge in [-0.15, -0.1) is 21.5 Å². The number of benzene rings is 1. The van der Waals surface area contributed by atoms with E-state index >= 15 is 0 Å². The molecule has 3 aromatic rings. The van der Waals surface area contributed by atoms with E-state index in [2.05, 4.69) is 56.6 Å². The lowest BCUT2D eigenvalue weighted by atomic mass is 10.1. The van der Waals surface area contributed by atoms with Crippen LogP contribution in [0.1, 0.15) is 25.3 Å². The maximum atomic E-state index is 12.3. The summed E-state index contributed by atoms with van der Waals surface area (Å²) in [5.74, 6) is 0.222. The number of thioether (sulfide) groups is 1. The number of amides is 1. The van der Waals surface area contributed by atoms with Crippen molar-refractivity contribution in [3.05, 3.63) is 35.2 Å². The zero-order valence-corrected chi connectivity index (χ0v) is 18.0. The summed E-state index contributed by atoms with van der Waals surface area (Å²) >= 11 is 4.42. The van der Waals surface area contributed by atoms with E-state index in [0.29, 0.717) is 10.9 Å². The molecule has 0 spiro atoms. The van der Waals surface area contributed by atoms with Crippen molar-refractivity contribution in [2.45, 2.75) is 30.5 Å². The molecule has 146 valence electrons. The molecule has 9 heteroatoms. The first-order chi connectivity index (χ1) is 13.7. The number of aromatic nitrogens is 3. The number of aryl methyl sites for hydroxylation is 1. The number of nitrogens with zero attached hydrogens (tertiary/aromatic N) is 4. The van der Waals surface area contributed by atoms with E-state index in [9.17, 15) is 4.79 Å². The van der Waals surface area contributed by atoms with Crippen LogP contribution in [0.2, 0.25) is 0 Å². The lowest BCUT2D eigenvalue weighted by Gasteiger charge is -2.10. The van der Waals surface area contributed by atoms with Gasteiger partial charge in [-0.25, -0.2) is 4.98 Å². The third kappa shape index (κ3) is 4.71. The van der Waals surface area contributed by atoms with Crippen LogP contribution >= 0.6 is 34.4 Å². The Hall–Kier alpha value is -1.97. The monoisotopic (exact) mass is 431 g/mol. The highest BCUT2D eigenvalue weighted by atomic mass is 32.2. The van der Waals surface area contributed by atoms with Crippen LogP contribution in [0.4, 0.5) is 10.3 Å². The fourth-order valence-corrected chi connectivity index (χ4v) is 5.38. The van der Waals surface area contributed by atoms with Gasteiger partial charge in [-0.2, -0.15) is 0 Å². The van der Waals surface area contributed by atoms with Gasteiger partial charge in [0.2, 0.25) is 11.0 Å². The summed E-state index contributed by atoms with van der Waals surface area (Å²) in [4.78, 5) is 19.0. The smallest absolute Gasteiger partial charge is 0.236 e. The largest absolute Gasteiger partial charge is 0.347 e. The Labute approximate surface area is 176 Å². The van der Waals surface area contributed by atoms with Gasteiger partial charge in [0.15, 0.2) is 9.47 Å². The van der Waals surface area contributed by atoms with Gasteiger partial charge < -0.3 is 10.2 Å². The average molecular weight is 432 g/mol. The number of rotatable bonds is 7. The van der Waals surface area contributed by atoms with Crippen molar-refractivity contribution in [2.24, 2.45) is 0 Å². The number of nitrogens with one attached hydrogen (secondary N) is 1. The second kappa shape index (κ2) is 9.02. The number of hydrogen-bond acceptors (Lipinski definition) is 8. The number of carbonyl (C=O) groups excluding carboxylic acids is 1. The third-order valence-corrected chi connectivity index (χ3v) is 7.38. The van der Waals surface area contributed by atoms with Gasteiger partial charge >= 0.3 is 0 Å². The number of thiazole rings is 1. The molecular formula is C19H21N5OS3. The SMILES string of the molecule is CCc1ccc(-c2csc(NC(=O)CSc3nnc(N4CCCC4)s3)n2)cc1. The van der Waals surface area contributed by atoms with Crippen LogP contribution in [0.5, 0.6) is 0 Å². The molecule has 28 heavy (non-hydrogen) atoms. The van der Waals surface area contributed by atoms with Gasteiger partial charge in [0.1, 0.15) is 0 Å². The van der Waals surface area contributed by atoms with Crippen molar-refractivity contribution >= 4 is 50.6 Å². The van der Waals surface area contributed by atoms with Crippen LogP contribution in [0.15, 0.2) is 34.0 Å². The second-order valence-electron chi connectivity index (χ2n) is 6.47. The highest BCUT2D eigenvalue weighted by Gasteiger charge is 2.17. The quantitative estimate of drug-likeness (QED) is 0.553. The molecule has 1 fully saturated rings. The molecule has 0 aliphatic carbocycles. The van der Waals surface area contributed by atoms with E-state index in [0.717, 1.165) is 40.2 Å². The molecule has 0 unspecified atom stereocenters. The molecule has 0 saturated carbocycles. The number of anilines is 2. The molecule has 6 nitrogen and oxygen atoms in total. The zero-order valence-electron chi connectivity index (χ0n) is 15.6. The summed E-state index contributed by atoms with van der Waals surface area (Å²) in [6.07, 6.45) is 3.44. The summed E-state index contributed by atoms with van der Waals surface area (Å²) in [5, 5.41) is 14.9. The molecular weight excluding hydrogens is 410 g/mol. The average Bonchev–Trinajstić information content (AvgIpc) is 3.47. The van der Waals surface area contributed by atoms with Crippen LogP contribution in [-0.2, 0) is 11.2 Å². The first kappa shape index (κ1) is 19.4. The topological polar surface area (TPSA) is 71.0 Å². The van der Waals surface area contributed by atoms with Gasteiger partial charge in [0.25, 0.3) is 0 Å². The van der Waals surface area contributed by atoms with Gasteiger partial charge in [-0.05, 0) is 24.8 Å². The normalized spacial score (nSPS) is 13.8. The first-order valence-corrected chi connectivity index (χ1v) is 12.0.